The first-order valence-electron chi connectivity index (χ1n) is 23.0. The van der Waals surface area contributed by atoms with Gasteiger partial charge in [-0.2, -0.15) is 0 Å². The van der Waals surface area contributed by atoms with Crippen LogP contribution in [0, 0.1) is 23.7 Å². The quantitative estimate of drug-likeness (QED) is 0.0573. The molecular formula is C52H64N6O14. The lowest BCUT2D eigenvalue weighted by Gasteiger charge is -2.21. The monoisotopic (exact) mass is 996 g/mol. The van der Waals surface area contributed by atoms with Crippen LogP contribution in [-0.2, 0) is 64.1 Å². The van der Waals surface area contributed by atoms with E-state index in [4.69, 9.17) is 18.9 Å². The summed E-state index contributed by atoms with van der Waals surface area (Å²) in [6.45, 7) is 9.33. The fraction of sp³-hybridized carbons (Fsp3) is 0.423. The topological polar surface area (TPSA) is 269 Å². The highest BCUT2D eigenvalue weighted by molar-refractivity contribution is 5.82. The summed E-state index contributed by atoms with van der Waals surface area (Å²) < 4.78 is 20.6. The van der Waals surface area contributed by atoms with Crippen molar-refractivity contribution in [3.8, 4) is 23.7 Å². The summed E-state index contributed by atoms with van der Waals surface area (Å²) in [5, 5.41) is 29.0. The Labute approximate surface area is 419 Å². The minimum atomic E-state index is -1.20. The van der Waals surface area contributed by atoms with Gasteiger partial charge in [-0.1, -0.05) is 72.2 Å². The van der Waals surface area contributed by atoms with E-state index in [1.54, 1.807) is 65.8 Å². The minimum Gasteiger partial charge on any atom is -0.480 e. The van der Waals surface area contributed by atoms with Crippen LogP contribution < -0.4 is 21.3 Å². The molecule has 3 aromatic carbocycles. The third kappa shape index (κ3) is 25.9. The summed E-state index contributed by atoms with van der Waals surface area (Å²) in [5.74, 6) is 7.92. The van der Waals surface area contributed by atoms with Gasteiger partial charge in [-0.3, -0.25) is 19.2 Å². The summed E-state index contributed by atoms with van der Waals surface area (Å²) >= 11 is 0. The van der Waals surface area contributed by atoms with Crippen LogP contribution in [0.5, 0.6) is 0 Å². The number of carboxylic acid groups (broad SMARTS) is 2. The van der Waals surface area contributed by atoms with Gasteiger partial charge in [-0.05, 0) is 101 Å². The van der Waals surface area contributed by atoms with Gasteiger partial charge in [-0.15, -0.1) is 0 Å². The van der Waals surface area contributed by atoms with E-state index >= 15 is 0 Å². The summed E-state index contributed by atoms with van der Waals surface area (Å²) in [5.41, 5.74) is 3.33. The Kier molecular flexibility index (Phi) is 23.9. The molecule has 0 saturated carbocycles. The van der Waals surface area contributed by atoms with E-state index in [1.807, 2.05) is 48.5 Å². The van der Waals surface area contributed by atoms with Crippen LogP contribution in [0.15, 0.2) is 72.8 Å². The van der Waals surface area contributed by atoms with E-state index in [9.17, 15) is 48.6 Å². The van der Waals surface area contributed by atoms with Crippen molar-refractivity contribution < 1.29 is 67.5 Å². The number of alkyl carbamates (subject to hydrolysis) is 4. The maximum Gasteiger partial charge on any atom is 0.408 e. The average molecular weight is 997 g/mol. The molecule has 0 atom stereocenters. The fourth-order valence-corrected chi connectivity index (χ4v) is 6.16. The molecule has 0 aliphatic carbocycles. The number of carbonyl (C=O) groups excluding carboxylic acids is 6. The van der Waals surface area contributed by atoms with Crippen LogP contribution in [0.4, 0.5) is 19.2 Å². The molecule has 3 aromatic rings. The number of nitrogens with one attached hydrogen (secondary N) is 4. The highest BCUT2D eigenvalue weighted by Gasteiger charge is 2.20. The largest absolute Gasteiger partial charge is 0.480 e. The van der Waals surface area contributed by atoms with Gasteiger partial charge in [0.2, 0.25) is 11.8 Å². The van der Waals surface area contributed by atoms with Crippen molar-refractivity contribution in [1.82, 2.24) is 31.1 Å². The number of aryl methyl sites for hydroxylation is 2. The zero-order valence-corrected chi connectivity index (χ0v) is 41.5. The molecule has 0 aliphatic heterocycles. The van der Waals surface area contributed by atoms with Crippen molar-refractivity contribution in [2.45, 2.75) is 91.5 Å². The first-order valence-corrected chi connectivity index (χ1v) is 23.0. The maximum atomic E-state index is 12.9. The smallest absolute Gasteiger partial charge is 0.408 e. The van der Waals surface area contributed by atoms with Crippen molar-refractivity contribution in [2.24, 2.45) is 0 Å². The fourth-order valence-electron chi connectivity index (χ4n) is 6.16. The number of carbonyl (C=O) groups is 8. The molecule has 6 amide bonds. The van der Waals surface area contributed by atoms with Gasteiger partial charge >= 0.3 is 36.3 Å². The number of hydrogen-bond acceptors (Lipinski definition) is 12. The number of aliphatic carboxylic acids is 2. The Balaban J connectivity index is 1.32. The Bertz CT molecular complexity index is 2270. The molecule has 72 heavy (non-hydrogen) atoms. The zero-order chi connectivity index (χ0) is 53.1. The highest BCUT2D eigenvalue weighted by Crippen LogP contribution is 2.12. The molecule has 0 heterocycles. The molecule has 0 aliphatic rings. The number of amides is 6. The third-order valence-corrected chi connectivity index (χ3v) is 9.53. The lowest BCUT2D eigenvalue weighted by atomic mass is 10.1. The molecule has 20 nitrogen and oxygen atoms in total. The normalized spacial score (nSPS) is 10.6. The predicted octanol–water partition coefficient (Wildman–Crippen LogP) is 4.98. The van der Waals surface area contributed by atoms with Gasteiger partial charge in [-0.25, -0.2) is 19.2 Å². The molecule has 20 heteroatoms. The second kappa shape index (κ2) is 29.7. The number of benzene rings is 3. The van der Waals surface area contributed by atoms with Crippen LogP contribution in [0.3, 0.4) is 0 Å². The number of nitrogens with zero attached hydrogens (tertiary/aromatic N) is 2. The van der Waals surface area contributed by atoms with Gasteiger partial charge in [0.15, 0.2) is 13.2 Å². The molecule has 0 saturated heterocycles. The molecule has 0 bridgehead atoms. The standard InChI is InChI=1S/C52H64N6O14/c1-51(2,3)71-49(67)55-33-41-19-15-39(16-20-41)23-25-43(59)57(35-45(61)62)29-27-53-47(65)69-31-7-9-37-11-13-38(14-12-37)10-8-32-70-48(66)54-28-30-58(36-46(63)64)44(60)26-24-40-17-21-42(22-18-40)34-56-50(68)72-52(4,5)6/h11-22H,23-36H2,1-6H3,(H,53,65)(H,54,66)(H,55,67)(H,56,68)(H,61,62)(H,63,64). The van der Waals surface area contributed by atoms with Crippen molar-refractivity contribution in [3.05, 3.63) is 106 Å². The molecule has 0 radical (unpaired) electrons. The Morgan fingerprint density at radius 2 is 0.819 bits per heavy atom. The SMILES string of the molecule is CC(C)(C)OC(=O)NCc1ccc(CCC(=O)N(CCNC(=O)OCC#Cc2ccc(C#CCOC(=O)NCCN(CC(=O)O)C(=O)CCc3ccc(CNC(=O)OC(C)(C)C)cc3)cc2)CC(=O)O)cc1. The second-order valence-corrected chi connectivity index (χ2v) is 17.9. The number of carboxylic acids is 2. The van der Waals surface area contributed by atoms with E-state index in [1.165, 1.54) is 0 Å². The Morgan fingerprint density at radius 1 is 0.486 bits per heavy atom. The van der Waals surface area contributed by atoms with Crippen molar-refractivity contribution in [1.29, 1.82) is 0 Å². The first-order chi connectivity index (χ1) is 34.0. The maximum absolute atomic E-state index is 12.9. The number of rotatable bonds is 22. The molecule has 386 valence electrons. The molecular weight excluding hydrogens is 933 g/mol. The van der Waals surface area contributed by atoms with Gasteiger partial charge in [0.1, 0.15) is 24.3 Å². The van der Waals surface area contributed by atoms with E-state index in [2.05, 4.69) is 44.9 Å². The van der Waals surface area contributed by atoms with Crippen LogP contribution in [-0.4, -0.2) is 132 Å². The summed E-state index contributed by atoms with van der Waals surface area (Å²) in [4.78, 5) is 99.2. The van der Waals surface area contributed by atoms with E-state index < -0.39 is 72.4 Å². The van der Waals surface area contributed by atoms with Crippen LogP contribution >= 0.6 is 0 Å². The van der Waals surface area contributed by atoms with Gasteiger partial charge < -0.3 is 60.2 Å². The lowest BCUT2D eigenvalue weighted by Crippen LogP contribution is -2.41. The summed E-state index contributed by atoms with van der Waals surface area (Å²) in [6, 6.07) is 21.3. The number of hydrogen-bond donors (Lipinski definition) is 6. The molecule has 3 rings (SSSR count). The third-order valence-electron chi connectivity index (χ3n) is 9.53. The highest BCUT2D eigenvalue weighted by atomic mass is 16.6. The van der Waals surface area contributed by atoms with Crippen molar-refractivity contribution in [2.75, 3.05) is 52.5 Å². The molecule has 0 unspecified atom stereocenters. The van der Waals surface area contributed by atoms with Crippen LogP contribution in [0.2, 0.25) is 0 Å². The minimum absolute atomic E-state index is 0.0389. The zero-order valence-electron chi connectivity index (χ0n) is 41.5. The van der Waals surface area contributed by atoms with Crippen molar-refractivity contribution in [3.63, 3.8) is 0 Å². The number of ether oxygens (including phenoxy) is 4. The predicted molar refractivity (Wildman–Crippen MR) is 263 cm³/mol. The van der Waals surface area contributed by atoms with E-state index in [-0.39, 0.29) is 65.3 Å². The summed E-state index contributed by atoms with van der Waals surface area (Å²) in [6.07, 6.45) is -1.89. The second-order valence-electron chi connectivity index (χ2n) is 17.9. The van der Waals surface area contributed by atoms with Crippen LogP contribution in [0.25, 0.3) is 0 Å². The molecule has 0 aromatic heterocycles. The van der Waals surface area contributed by atoms with Gasteiger partial charge in [0.25, 0.3) is 0 Å². The van der Waals surface area contributed by atoms with Gasteiger partial charge in [0, 0.05) is 63.2 Å². The van der Waals surface area contributed by atoms with Crippen molar-refractivity contribution >= 4 is 48.1 Å². The average Bonchev–Trinajstić information content (AvgIpc) is 3.30. The van der Waals surface area contributed by atoms with Gasteiger partial charge in [0.05, 0.1) is 0 Å². The lowest BCUT2D eigenvalue weighted by molar-refractivity contribution is -0.144. The molecule has 6 N–H and O–H groups in total. The first kappa shape index (κ1) is 58.1. The molecule has 0 fully saturated rings. The Hall–Kier alpha value is -8.26. The Morgan fingerprint density at radius 3 is 1.14 bits per heavy atom. The van der Waals surface area contributed by atoms with E-state index in [0.717, 1.165) is 32.1 Å². The van der Waals surface area contributed by atoms with Crippen LogP contribution in [0.1, 0.15) is 87.8 Å². The molecule has 0 spiro atoms. The van der Waals surface area contributed by atoms with E-state index in [0.29, 0.717) is 24.0 Å². The summed E-state index contributed by atoms with van der Waals surface area (Å²) in [7, 11) is 0.